The monoisotopic (exact) mass is 373 g/mol. The molecular formula is C20H18F3N3O. The zero-order valence-electron chi connectivity index (χ0n) is 14.4. The summed E-state index contributed by atoms with van der Waals surface area (Å²) < 4.78 is 39.7. The highest BCUT2D eigenvalue weighted by molar-refractivity contribution is 5.94. The molecule has 27 heavy (non-hydrogen) atoms. The Balaban J connectivity index is 1.51. The van der Waals surface area contributed by atoms with E-state index < -0.39 is 17.6 Å². The van der Waals surface area contributed by atoms with Crippen LogP contribution in [-0.2, 0) is 12.7 Å². The Kier molecular flexibility index (Phi) is 5.59. The van der Waals surface area contributed by atoms with Crippen LogP contribution in [0.2, 0.25) is 0 Å². The van der Waals surface area contributed by atoms with E-state index in [2.05, 4.69) is 10.3 Å². The smallest absolute Gasteiger partial charge is 0.352 e. The van der Waals surface area contributed by atoms with Crippen LogP contribution in [0.25, 0.3) is 11.4 Å². The molecule has 0 spiro atoms. The topological polar surface area (TPSA) is 46.9 Å². The van der Waals surface area contributed by atoms with Gasteiger partial charge in [-0.15, -0.1) is 0 Å². The summed E-state index contributed by atoms with van der Waals surface area (Å²) in [5.74, 6) is 0.460. The molecule has 4 nitrogen and oxygen atoms in total. The number of benzene rings is 2. The molecule has 0 aliphatic heterocycles. The summed E-state index contributed by atoms with van der Waals surface area (Å²) in [6.07, 6.45) is -0.137. The van der Waals surface area contributed by atoms with E-state index in [1.165, 1.54) is 12.1 Å². The van der Waals surface area contributed by atoms with Crippen LogP contribution in [-0.4, -0.2) is 22.0 Å². The second-order valence-electron chi connectivity index (χ2n) is 5.99. The Morgan fingerprint density at radius 2 is 1.74 bits per heavy atom. The van der Waals surface area contributed by atoms with Crippen LogP contribution in [0.3, 0.4) is 0 Å². The Labute approximate surface area is 154 Å². The molecule has 2 aromatic carbocycles. The van der Waals surface area contributed by atoms with Gasteiger partial charge in [0, 0.05) is 36.6 Å². The molecule has 0 bridgehead atoms. The fourth-order valence-corrected chi connectivity index (χ4v) is 2.70. The highest BCUT2D eigenvalue weighted by Crippen LogP contribution is 2.29. The molecule has 7 heteroatoms. The van der Waals surface area contributed by atoms with Gasteiger partial charge in [0.05, 0.1) is 5.56 Å². The van der Waals surface area contributed by atoms with Crippen molar-refractivity contribution >= 4 is 5.91 Å². The number of aromatic nitrogens is 2. The summed E-state index contributed by atoms with van der Waals surface area (Å²) in [5.41, 5.74) is 0.444. The van der Waals surface area contributed by atoms with Crippen molar-refractivity contribution in [3.63, 3.8) is 0 Å². The van der Waals surface area contributed by atoms with Crippen LogP contribution in [0.5, 0.6) is 0 Å². The predicted molar refractivity (Wildman–Crippen MR) is 96.1 cm³/mol. The standard InChI is InChI=1S/C20H18F3N3O/c21-20(22,23)17-9-7-16(8-10-17)19(27)25-11-4-13-26-14-12-24-18(26)15-5-2-1-3-6-15/h1-3,5-10,12,14H,4,11,13H2,(H,25,27). The van der Waals surface area contributed by atoms with E-state index in [1.807, 2.05) is 41.1 Å². The van der Waals surface area contributed by atoms with Crippen molar-refractivity contribution in [3.8, 4) is 11.4 Å². The third kappa shape index (κ3) is 4.75. The van der Waals surface area contributed by atoms with Crippen molar-refractivity contribution in [1.82, 2.24) is 14.9 Å². The highest BCUT2D eigenvalue weighted by Gasteiger charge is 2.30. The molecule has 1 N–H and O–H groups in total. The zero-order chi connectivity index (χ0) is 19.3. The quantitative estimate of drug-likeness (QED) is 0.652. The van der Waals surface area contributed by atoms with Gasteiger partial charge in [0.2, 0.25) is 0 Å². The Hall–Kier alpha value is -3.09. The van der Waals surface area contributed by atoms with Crippen molar-refractivity contribution in [3.05, 3.63) is 78.1 Å². The second kappa shape index (κ2) is 8.07. The normalized spacial score (nSPS) is 11.4. The maximum Gasteiger partial charge on any atom is 0.416 e. The number of imidazole rings is 1. The van der Waals surface area contributed by atoms with Crippen LogP contribution in [0.4, 0.5) is 13.2 Å². The number of carbonyl (C=O) groups excluding carboxylic acids is 1. The first-order valence-corrected chi connectivity index (χ1v) is 8.47. The van der Waals surface area contributed by atoms with Crippen LogP contribution in [0.1, 0.15) is 22.3 Å². The van der Waals surface area contributed by atoms with Gasteiger partial charge in [0.1, 0.15) is 5.82 Å². The molecule has 0 saturated heterocycles. The molecule has 0 atom stereocenters. The van der Waals surface area contributed by atoms with Gasteiger partial charge in [-0.1, -0.05) is 30.3 Å². The molecule has 1 aromatic heterocycles. The molecule has 3 rings (SSSR count). The Morgan fingerprint density at radius 3 is 2.41 bits per heavy atom. The van der Waals surface area contributed by atoms with Crippen LogP contribution < -0.4 is 5.32 Å². The summed E-state index contributed by atoms with van der Waals surface area (Å²) in [5, 5.41) is 2.72. The van der Waals surface area contributed by atoms with Gasteiger partial charge in [0.25, 0.3) is 5.91 Å². The van der Waals surface area contributed by atoms with E-state index in [9.17, 15) is 18.0 Å². The van der Waals surface area contributed by atoms with Crippen LogP contribution in [0, 0.1) is 0 Å². The van der Waals surface area contributed by atoms with Crippen molar-refractivity contribution in [2.45, 2.75) is 19.1 Å². The van der Waals surface area contributed by atoms with E-state index in [-0.39, 0.29) is 5.56 Å². The molecular weight excluding hydrogens is 355 g/mol. The lowest BCUT2D eigenvalue weighted by molar-refractivity contribution is -0.137. The summed E-state index contributed by atoms with van der Waals surface area (Å²) in [7, 11) is 0. The van der Waals surface area contributed by atoms with E-state index in [4.69, 9.17) is 0 Å². The number of nitrogens with one attached hydrogen (secondary N) is 1. The summed E-state index contributed by atoms with van der Waals surface area (Å²) in [4.78, 5) is 16.4. The molecule has 1 heterocycles. The van der Waals surface area contributed by atoms with Gasteiger partial charge >= 0.3 is 6.18 Å². The van der Waals surface area contributed by atoms with Crippen molar-refractivity contribution in [2.75, 3.05) is 6.54 Å². The first-order valence-electron chi connectivity index (χ1n) is 8.47. The van der Waals surface area contributed by atoms with Crippen molar-refractivity contribution in [2.24, 2.45) is 0 Å². The molecule has 1 amide bonds. The lowest BCUT2D eigenvalue weighted by Gasteiger charge is -2.10. The molecule has 0 aliphatic rings. The number of nitrogens with zero attached hydrogens (tertiary/aromatic N) is 2. The minimum Gasteiger partial charge on any atom is -0.352 e. The maximum absolute atomic E-state index is 12.6. The van der Waals surface area contributed by atoms with E-state index >= 15 is 0 Å². The van der Waals surface area contributed by atoms with Gasteiger partial charge in [-0.25, -0.2) is 4.98 Å². The lowest BCUT2D eigenvalue weighted by Crippen LogP contribution is -2.25. The number of hydrogen-bond donors (Lipinski definition) is 1. The first kappa shape index (κ1) is 18.7. The average molecular weight is 373 g/mol. The van der Waals surface area contributed by atoms with Gasteiger partial charge in [-0.3, -0.25) is 4.79 Å². The van der Waals surface area contributed by atoms with Crippen LogP contribution >= 0.6 is 0 Å². The predicted octanol–water partition coefficient (Wildman–Crippen LogP) is 4.39. The number of alkyl halides is 3. The number of carbonyl (C=O) groups is 1. The molecule has 0 unspecified atom stereocenters. The number of aryl methyl sites for hydroxylation is 1. The van der Waals surface area contributed by atoms with Crippen LogP contribution in [0.15, 0.2) is 67.0 Å². The fraction of sp³-hybridized carbons (Fsp3) is 0.200. The summed E-state index contributed by atoms with van der Waals surface area (Å²) in [6, 6.07) is 14.0. The minimum atomic E-state index is -4.41. The fourth-order valence-electron chi connectivity index (χ4n) is 2.70. The number of rotatable bonds is 6. The molecule has 0 radical (unpaired) electrons. The van der Waals surface area contributed by atoms with Crippen molar-refractivity contribution < 1.29 is 18.0 Å². The van der Waals surface area contributed by atoms with E-state index in [0.29, 0.717) is 19.5 Å². The maximum atomic E-state index is 12.6. The third-order valence-electron chi connectivity index (χ3n) is 4.08. The van der Waals surface area contributed by atoms with Crippen molar-refractivity contribution in [1.29, 1.82) is 0 Å². The first-order chi connectivity index (χ1) is 12.9. The van der Waals surface area contributed by atoms with Gasteiger partial charge in [0.15, 0.2) is 0 Å². The Morgan fingerprint density at radius 1 is 1.04 bits per heavy atom. The van der Waals surface area contributed by atoms with E-state index in [1.54, 1.807) is 6.20 Å². The van der Waals surface area contributed by atoms with Gasteiger partial charge in [-0.05, 0) is 30.7 Å². The minimum absolute atomic E-state index is 0.204. The van der Waals surface area contributed by atoms with Gasteiger partial charge < -0.3 is 9.88 Å². The number of halogens is 3. The highest BCUT2D eigenvalue weighted by atomic mass is 19.4. The Bertz CT molecular complexity index is 887. The van der Waals surface area contributed by atoms with E-state index in [0.717, 1.165) is 23.5 Å². The number of hydrogen-bond acceptors (Lipinski definition) is 2. The molecule has 0 fully saturated rings. The molecule has 140 valence electrons. The zero-order valence-corrected chi connectivity index (χ0v) is 14.4. The molecule has 3 aromatic rings. The average Bonchev–Trinajstić information content (AvgIpc) is 3.14. The largest absolute Gasteiger partial charge is 0.416 e. The molecule has 0 aliphatic carbocycles. The second-order valence-corrected chi connectivity index (χ2v) is 5.99. The lowest BCUT2D eigenvalue weighted by atomic mass is 10.1. The summed E-state index contributed by atoms with van der Waals surface area (Å²) >= 11 is 0. The number of amides is 1. The summed E-state index contributed by atoms with van der Waals surface area (Å²) in [6.45, 7) is 1.07. The SMILES string of the molecule is O=C(NCCCn1ccnc1-c1ccccc1)c1ccc(C(F)(F)F)cc1. The third-order valence-corrected chi connectivity index (χ3v) is 4.08. The van der Waals surface area contributed by atoms with Gasteiger partial charge in [-0.2, -0.15) is 13.2 Å². The molecule has 0 saturated carbocycles.